The van der Waals surface area contributed by atoms with Gasteiger partial charge in [0.15, 0.2) is 5.57 Å². The van der Waals surface area contributed by atoms with E-state index in [9.17, 15) is 14.4 Å². The molecule has 0 atom stereocenters. The molecule has 0 saturated carbocycles. The Morgan fingerprint density at radius 2 is 1.61 bits per heavy atom. The predicted octanol–water partition coefficient (Wildman–Crippen LogP) is 3.35. The number of benzene rings is 2. The monoisotopic (exact) mass is 381 g/mol. The molecular formula is C21H19NO6. The van der Waals surface area contributed by atoms with E-state index < -0.39 is 23.7 Å². The first-order valence-electron chi connectivity index (χ1n) is 8.56. The number of esters is 3. The fraction of sp³-hybridized carbons (Fsp3) is 0.190. The number of carbonyl (C=O) groups excluding carboxylic acids is 3. The van der Waals surface area contributed by atoms with Crippen molar-refractivity contribution in [3.05, 3.63) is 71.4 Å². The van der Waals surface area contributed by atoms with E-state index in [0.717, 1.165) is 11.8 Å². The van der Waals surface area contributed by atoms with Gasteiger partial charge in [0.1, 0.15) is 5.75 Å². The minimum absolute atomic E-state index is 0.234. The van der Waals surface area contributed by atoms with Gasteiger partial charge in [-0.05, 0) is 31.2 Å². The zero-order valence-electron chi connectivity index (χ0n) is 15.6. The van der Waals surface area contributed by atoms with E-state index in [0.29, 0.717) is 11.4 Å². The zero-order valence-corrected chi connectivity index (χ0v) is 15.6. The van der Waals surface area contributed by atoms with Crippen LogP contribution in [0.25, 0.3) is 0 Å². The number of aryl methyl sites for hydroxylation is 1. The third kappa shape index (κ3) is 4.37. The molecule has 1 aliphatic rings. The first-order chi connectivity index (χ1) is 13.2. The fourth-order valence-corrected chi connectivity index (χ4v) is 2.48. The van der Waals surface area contributed by atoms with Gasteiger partial charge in [-0.3, -0.25) is 0 Å². The van der Waals surface area contributed by atoms with Crippen molar-refractivity contribution in [1.29, 1.82) is 0 Å². The highest BCUT2D eigenvalue weighted by molar-refractivity contribution is 6.15. The van der Waals surface area contributed by atoms with Crippen LogP contribution in [0.2, 0.25) is 0 Å². The third-order valence-corrected chi connectivity index (χ3v) is 3.87. The number of nitrogens with one attached hydrogen (secondary N) is 1. The molecule has 28 heavy (non-hydrogen) atoms. The van der Waals surface area contributed by atoms with Crippen molar-refractivity contribution < 1.29 is 28.6 Å². The van der Waals surface area contributed by atoms with Crippen LogP contribution in [0.15, 0.2) is 60.3 Å². The van der Waals surface area contributed by atoms with Crippen LogP contribution in [0.3, 0.4) is 0 Å². The maximum Gasteiger partial charge on any atom is 0.350 e. The molecule has 1 fully saturated rings. The van der Waals surface area contributed by atoms with E-state index in [1.54, 1.807) is 36.4 Å². The van der Waals surface area contributed by atoms with E-state index in [2.05, 4.69) is 5.32 Å². The average molecular weight is 381 g/mol. The lowest BCUT2D eigenvalue weighted by molar-refractivity contribution is -0.222. The number of hydrogen-bond acceptors (Lipinski definition) is 7. The molecule has 1 N–H and O–H groups in total. The van der Waals surface area contributed by atoms with Crippen molar-refractivity contribution in [3.63, 3.8) is 0 Å². The van der Waals surface area contributed by atoms with Crippen LogP contribution < -0.4 is 10.1 Å². The Bertz CT molecular complexity index is 937. The molecule has 1 heterocycles. The summed E-state index contributed by atoms with van der Waals surface area (Å²) in [5.74, 6) is -3.12. The van der Waals surface area contributed by atoms with Crippen molar-refractivity contribution in [1.82, 2.24) is 0 Å². The summed E-state index contributed by atoms with van der Waals surface area (Å²) in [5, 5.41) is 2.78. The molecule has 2 aromatic carbocycles. The smallest absolute Gasteiger partial charge is 0.350 e. The number of anilines is 1. The van der Waals surface area contributed by atoms with Gasteiger partial charge in [0, 0.05) is 20.0 Å². The van der Waals surface area contributed by atoms with Gasteiger partial charge in [-0.25, -0.2) is 14.4 Å². The summed E-state index contributed by atoms with van der Waals surface area (Å²) in [6, 6.07) is 13.6. The van der Waals surface area contributed by atoms with E-state index >= 15 is 0 Å². The second-order valence-corrected chi connectivity index (χ2v) is 6.63. The lowest BCUT2D eigenvalue weighted by Gasteiger charge is -2.29. The van der Waals surface area contributed by atoms with Crippen LogP contribution in [0.5, 0.6) is 5.75 Å². The van der Waals surface area contributed by atoms with Crippen molar-refractivity contribution in [2.24, 2.45) is 0 Å². The molecule has 0 spiro atoms. The summed E-state index contributed by atoms with van der Waals surface area (Å²) < 4.78 is 15.4. The summed E-state index contributed by atoms with van der Waals surface area (Å²) in [6.07, 6.45) is 1.15. The van der Waals surface area contributed by atoms with Crippen molar-refractivity contribution in [2.45, 2.75) is 26.6 Å². The zero-order chi connectivity index (χ0) is 20.3. The predicted molar refractivity (Wildman–Crippen MR) is 101 cm³/mol. The molecule has 0 aliphatic carbocycles. The van der Waals surface area contributed by atoms with Crippen molar-refractivity contribution in [3.8, 4) is 5.75 Å². The molecule has 1 aliphatic heterocycles. The van der Waals surface area contributed by atoms with E-state index in [4.69, 9.17) is 14.2 Å². The molecule has 1 saturated heterocycles. The number of hydrogen-bond donors (Lipinski definition) is 1. The topological polar surface area (TPSA) is 90.9 Å². The molecule has 0 radical (unpaired) electrons. The number of ether oxygens (including phenoxy) is 3. The molecule has 0 amide bonds. The fourth-order valence-electron chi connectivity index (χ4n) is 2.48. The lowest BCUT2D eigenvalue weighted by atomic mass is 10.1. The van der Waals surface area contributed by atoms with Gasteiger partial charge in [0.05, 0.1) is 11.3 Å². The number of rotatable bonds is 4. The second-order valence-electron chi connectivity index (χ2n) is 6.63. The highest BCUT2D eigenvalue weighted by Crippen LogP contribution is 2.24. The SMILES string of the molecule is Cc1ccc(OC(=O)c2ccccc2NC=C2C(=O)OC(C)(C)OC2=O)cc1. The van der Waals surface area contributed by atoms with Gasteiger partial charge in [-0.15, -0.1) is 0 Å². The third-order valence-electron chi connectivity index (χ3n) is 3.87. The summed E-state index contributed by atoms with van der Waals surface area (Å²) >= 11 is 0. The van der Waals surface area contributed by atoms with Crippen molar-refractivity contribution >= 4 is 23.6 Å². The summed E-state index contributed by atoms with van der Waals surface area (Å²) in [6.45, 7) is 4.85. The van der Waals surface area contributed by atoms with Crippen molar-refractivity contribution in [2.75, 3.05) is 5.32 Å². The van der Waals surface area contributed by atoms with Gasteiger partial charge in [-0.2, -0.15) is 0 Å². The van der Waals surface area contributed by atoms with Gasteiger partial charge >= 0.3 is 17.9 Å². The van der Waals surface area contributed by atoms with Gasteiger partial charge in [0.25, 0.3) is 5.79 Å². The van der Waals surface area contributed by atoms with E-state index in [1.165, 1.54) is 13.8 Å². The number of carbonyl (C=O) groups is 3. The summed E-state index contributed by atoms with van der Waals surface area (Å²) in [4.78, 5) is 36.5. The Balaban J connectivity index is 1.79. The molecular weight excluding hydrogens is 362 g/mol. The molecule has 3 rings (SSSR count). The first-order valence-corrected chi connectivity index (χ1v) is 8.56. The Morgan fingerprint density at radius 3 is 2.25 bits per heavy atom. The van der Waals surface area contributed by atoms with Crippen LogP contribution >= 0.6 is 0 Å². The molecule has 2 aromatic rings. The maximum absolute atomic E-state index is 12.5. The quantitative estimate of drug-likeness (QED) is 0.376. The highest BCUT2D eigenvalue weighted by Gasteiger charge is 2.39. The van der Waals surface area contributed by atoms with Gasteiger partial charge in [0.2, 0.25) is 0 Å². The lowest BCUT2D eigenvalue weighted by Crippen LogP contribution is -2.42. The van der Waals surface area contributed by atoms with Gasteiger partial charge in [-0.1, -0.05) is 29.8 Å². The van der Waals surface area contributed by atoms with E-state index in [1.807, 2.05) is 19.1 Å². The summed E-state index contributed by atoms with van der Waals surface area (Å²) in [7, 11) is 0. The maximum atomic E-state index is 12.5. The van der Waals surface area contributed by atoms with Crippen LogP contribution in [0, 0.1) is 6.92 Å². The Labute approximate surface area is 161 Å². The second kappa shape index (κ2) is 7.56. The number of para-hydroxylation sites is 1. The number of cyclic esters (lactones) is 2. The van der Waals surface area contributed by atoms with Gasteiger partial charge < -0.3 is 19.5 Å². The Hall–Kier alpha value is -3.61. The Kier molecular flexibility index (Phi) is 5.17. The average Bonchev–Trinajstić information content (AvgIpc) is 2.62. The normalized spacial score (nSPS) is 15.3. The highest BCUT2D eigenvalue weighted by atomic mass is 16.7. The minimum Gasteiger partial charge on any atom is -0.423 e. The molecule has 0 bridgehead atoms. The van der Waals surface area contributed by atoms with Crippen LogP contribution in [0.4, 0.5) is 5.69 Å². The molecule has 0 aromatic heterocycles. The van der Waals surface area contributed by atoms with Crippen LogP contribution in [0.1, 0.15) is 29.8 Å². The molecule has 144 valence electrons. The summed E-state index contributed by atoms with van der Waals surface area (Å²) in [5.41, 5.74) is 1.33. The molecule has 7 nitrogen and oxygen atoms in total. The first kappa shape index (κ1) is 19.2. The van der Waals surface area contributed by atoms with Crippen LogP contribution in [-0.2, 0) is 19.1 Å². The minimum atomic E-state index is -1.32. The van der Waals surface area contributed by atoms with E-state index in [-0.39, 0.29) is 11.1 Å². The van der Waals surface area contributed by atoms with Crippen LogP contribution in [-0.4, -0.2) is 23.7 Å². The standard InChI is InChI=1S/C21H19NO6/c1-13-8-10-14(11-9-13)26-18(23)15-6-4-5-7-17(15)22-12-16-19(24)27-21(2,3)28-20(16)25/h4-12,22H,1-3H3. The molecule has 7 heteroatoms. The largest absolute Gasteiger partial charge is 0.423 e. The Morgan fingerprint density at radius 1 is 1.00 bits per heavy atom. The molecule has 0 unspecified atom stereocenters.